The van der Waals surface area contributed by atoms with Crippen molar-refractivity contribution in [2.45, 2.75) is 20.0 Å². The lowest BCUT2D eigenvalue weighted by molar-refractivity contribution is -0.121. The fourth-order valence-corrected chi connectivity index (χ4v) is 4.05. The first-order valence-electron chi connectivity index (χ1n) is 9.15. The molecule has 2 aromatic heterocycles. The van der Waals surface area contributed by atoms with Crippen molar-refractivity contribution in [3.63, 3.8) is 0 Å². The number of nitrogens with one attached hydrogen (secondary N) is 1. The van der Waals surface area contributed by atoms with E-state index in [9.17, 15) is 14.4 Å². The number of rotatable bonds is 5. The van der Waals surface area contributed by atoms with Gasteiger partial charge < -0.3 is 5.32 Å². The van der Waals surface area contributed by atoms with E-state index in [4.69, 9.17) is 0 Å². The first kappa shape index (κ1) is 18.9. The van der Waals surface area contributed by atoms with Gasteiger partial charge in [-0.25, -0.2) is 9.36 Å². The van der Waals surface area contributed by atoms with E-state index >= 15 is 0 Å². The molecule has 4 aromatic rings. The standard InChI is InChI=1S/C22H19N3O3S/c1-15-6-5-9-17(12-15)25-21(27)20-18(10-11-29-20)24(22(25)28)14-19(26)23-13-16-7-3-2-4-8-16/h2-12H,13-14H2,1H3,(H,23,26). The number of aryl methyl sites for hydroxylation is 1. The van der Waals surface area contributed by atoms with E-state index in [-0.39, 0.29) is 18.0 Å². The van der Waals surface area contributed by atoms with Gasteiger partial charge in [-0.05, 0) is 41.6 Å². The first-order chi connectivity index (χ1) is 14.0. The maximum atomic E-state index is 13.2. The van der Waals surface area contributed by atoms with Crippen LogP contribution in [0.3, 0.4) is 0 Å². The Bertz CT molecular complexity index is 1300. The van der Waals surface area contributed by atoms with E-state index in [1.54, 1.807) is 29.6 Å². The number of nitrogens with zero attached hydrogens (tertiary/aromatic N) is 2. The van der Waals surface area contributed by atoms with E-state index in [1.807, 2.05) is 43.3 Å². The van der Waals surface area contributed by atoms with Gasteiger partial charge in [0.1, 0.15) is 11.2 Å². The number of amides is 1. The summed E-state index contributed by atoms with van der Waals surface area (Å²) in [7, 11) is 0. The van der Waals surface area contributed by atoms with Gasteiger partial charge in [-0.1, -0.05) is 42.5 Å². The Morgan fingerprint density at radius 2 is 1.83 bits per heavy atom. The molecule has 2 heterocycles. The minimum atomic E-state index is -0.527. The highest BCUT2D eigenvalue weighted by molar-refractivity contribution is 7.17. The molecule has 1 N–H and O–H groups in total. The molecule has 0 bridgehead atoms. The van der Waals surface area contributed by atoms with Gasteiger partial charge in [0.2, 0.25) is 5.91 Å². The van der Waals surface area contributed by atoms with Crippen LogP contribution in [0.5, 0.6) is 0 Å². The molecular formula is C22H19N3O3S. The Balaban J connectivity index is 1.72. The second-order valence-electron chi connectivity index (χ2n) is 6.75. The van der Waals surface area contributed by atoms with Gasteiger partial charge in [-0.2, -0.15) is 0 Å². The van der Waals surface area contributed by atoms with Crippen LogP contribution in [-0.4, -0.2) is 15.0 Å². The Morgan fingerprint density at radius 1 is 1.03 bits per heavy atom. The SMILES string of the molecule is Cc1cccc(-n2c(=O)c3sccc3n(CC(=O)NCc3ccccc3)c2=O)c1. The van der Waals surface area contributed by atoms with Crippen LogP contribution < -0.4 is 16.6 Å². The molecule has 29 heavy (non-hydrogen) atoms. The number of carbonyl (C=O) groups is 1. The molecule has 0 fully saturated rings. The number of benzene rings is 2. The van der Waals surface area contributed by atoms with E-state index < -0.39 is 5.69 Å². The summed E-state index contributed by atoms with van der Waals surface area (Å²) in [4.78, 5) is 38.6. The number of thiophene rings is 1. The molecule has 7 heteroatoms. The van der Waals surface area contributed by atoms with Gasteiger partial charge >= 0.3 is 5.69 Å². The van der Waals surface area contributed by atoms with E-state index in [0.717, 1.165) is 15.7 Å². The third-order valence-corrected chi connectivity index (χ3v) is 5.54. The average molecular weight is 405 g/mol. The molecule has 0 atom stereocenters. The van der Waals surface area contributed by atoms with Gasteiger partial charge in [0.05, 0.1) is 11.2 Å². The zero-order chi connectivity index (χ0) is 20.4. The average Bonchev–Trinajstić information content (AvgIpc) is 3.21. The number of carbonyl (C=O) groups excluding carboxylic acids is 1. The maximum absolute atomic E-state index is 13.2. The van der Waals surface area contributed by atoms with Crippen LogP contribution in [0.4, 0.5) is 0 Å². The molecular weight excluding hydrogens is 386 g/mol. The van der Waals surface area contributed by atoms with Crippen LogP contribution in [-0.2, 0) is 17.9 Å². The summed E-state index contributed by atoms with van der Waals surface area (Å²) < 4.78 is 2.94. The summed E-state index contributed by atoms with van der Waals surface area (Å²) in [6, 6.07) is 18.4. The van der Waals surface area contributed by atoms with Crippen LogP contribution >= 0.6 is 11.3 Å². The topological polar surface area (TPSA) is 73.1 Å². The molecule has 4 rings (SSSR count). The molecule has 0 radical (unpaired) electrons. The largest absolute Gasteiger partial charge is 0.350 e. The zero-order valence-corrected chi connectivity index (χ0v) is 16.6. The maximum Gasteiger partial charge on any atom is 0.336 e. The van der Waals surface area contributed by atoms with Crippen LogP contribution in [0.1, 0.15) is 11.1 Å². The van der Waals surface area contributed by atoms with Crippen molar-refractivity contribution in [1.29, 1.82) is 0 Å². The van der Waals surface area contributed by atoms with Gasteiger partial charge in [-0.3, -0.25) is 14.2 Å². The van der Waals surface area contributed by atoms with Gasteiger partial charge in [0.15, 0.2) is 0 Å². The summed E-state index contributed by atoms with van der Waals surface area (Å²) in [5.41, 5.74) is 1.98. The zero-order valence-electron chi connectivity index (χ0n) is 15.8. The lowest BCUT2D eigenvalue weighted by atomic mass is 10.2. The molecule has 0 aliphatic carbocycles. The van der Waals surface area contributed by atoms with Crippen molar-refractivity contribution in [2.24, 2.45) is 0 Å². The predicted molar refractivity (Wildman–Crippen MR) is 115 cm³/mol. The van der Waals surface area contributed by atoms with E-state index in [1.165, 1.54) is 15.9 Å². The fourth-order valence-electron chi connectivity index (χ4n) is 3.23. The minimum Gasteiger partial charge on any atom is -0.350 e. The molecule has 2 aromatic carbocycles. The highest BCUT2D eigenvalue weighted by Gasteiger charge is 2.17. The van der Waals surface area contributed by atoms with Crippen molar-refractivity contribution >= 4 is 27.5 Å². The smallest absolute Gasteiger partial charge is 0.336 e. The Kier molecular flexibility index (Phi) is 5.14. The predicted octanol–water partition coefficient (Wildman–Crippen LogP) is 2.84. The second kappa shape index (κ2) is 7.89. The van der Waals surface area contributed by atoms with Crippen molar-refractivity contribution in [1.82, 2.24) is 14.5 Å². The third-order valence-electron chi connectivity index (χ3n) is 4.65. The molecule has 0 aliphatic rings. The summed E-state index contributed by atoms with van der Waals surface area (Å²) >= 11 is 1.26. The number of hydrogen-bond donors (Lipinski definition) is 1. The first-order valence-corrected chi connectivity index (χ1v) is 10.0. The summed E-state index contributed by atoms with van der Waals surface area (Å²) in [6.45, 7) is 2.11. The Morgan fingerprint density at radius 3 is 2.59 bits per heavy atom. The fraction of sp³-hybridized carbons (Fsp3) is 0.136. The van der Waals surface area contributed by atoms with Crippen molar-refractivity contribution in [2.75, 3.05) is 0 Å². The molecule has 0 saturated heterocycles. The molecule has 0 unspecified atom stereocenters. The summed E-state index contributed by atoms with van der Waals surface area (Å²) in [5, 5.41) is 4.59. The Labute approximate surface area is 170 Å². The van der Waals surface area contributed by atoms with Crippen molar-refractivity contribution < 1.29 is 4.79 Å². The molecule has 146 valence electrons. The number of aromatic nitrogens is 2. The van der Waals surface area contributed by atoms with Gasteiger partial charge in [0, 0.05) is 6.54 Å². The van der Waals surface area contributed by atoms with Crippen molar-refractivity contribution in [3.05, 3.63) is 98.0 Å². The van der Waals surface area contributed by atoms with Crippen molar-refractivity contribution in [3.8, 4) is 5.69 Å². The van der Waals surface area contributed by atoms with E-state index in [2.05, 4.69) is 5.32 Å². The molecule has 0 saturated carbocycles. The number of fused-ring (bicyclic) bond motifs is 1. The summed E-state index contributed by atoms with van der Waals surface area (Å²) in [6.07, 6.45) is 0. The highest BCUT2D eigenvalue weighted by Crippen LogP contribution is 2.16. The molecule has 0 spiro atoms. The Hall–Kier alpha value is -3.45. The molecule has 0 aliphatic heterocycles. The summed E-state index contributed by atoms with van der Waals surface area (Å²) in [5.74, 6) is -0.294. The molecule has 6 nitrogen and oxygen atoms in total. The second-order valence-corrected chi connectivity index (χ2v) is 7.66. The monoisotopic (exact) mass is 405 g/mol. The number of hydrogen-bond acceptors (Lipinski definition) is 4. The van der Waals surface area contributed by atoms with Crippen LogP contribution in [0.25, 0.3) is 15.9 Å². The minimum absolute atomic E-state index is 0.162. The van der Waals surface area contributed by atoms with Crippen LogP contribution in [0, 0.1) is 6.92 Å². The van der Waals surface area contributed by atoms with E-state index in [0.29, 0.717) is 22.4 Å². The normalized spacial score (nSPS) is 10.9. The lowest BCUT2D eigenvalue weighted by Gasteiger charge is -2.13. The third kappa shape index (κ3) is 3.77. The van der Waals surface area contributed by atoms with Gasteiger partial charge in [-0.15, -0.1) is 11.3 Å². The van der Waals surface area contributed by atoms with Crippen LogP contribution in [0.15, 0.2) is 75.6 Å². The lowest BCUT2D eigenvalue weighted by Crippen LogP contribution is -2.41. The van der Waals surface area contributed by atoms with Gasteiger partial charge in [0.25, 0.3) is 5.56 Å². The van der Waals surface area contributed by atoms with Crippen LogP contribution in [0.2, 0.25) is 0 Å². The quantitative estimate of drug-likeness (QED) is 0.555. The molecule has 1 amide bonds. The highest BCUT2D eigenvalue weighted by atomic mass is 32.1.